The average Bonchev–Trinajstić information content (AvgIpc) is 2.91. The van der Waals surface area contributed by atoms with Gasteiger partial charge in [-0.3, -0.25) is 24.5 Å². The quantitative estimate of drug-likeness (QED) is 0.143. The number of carbonyl (C=O) groups is 2. The van der Waals surface area contributed by atoms with E-state index in [2.05, 4.69) is 57.9 Å². The third-order valence-electron chi connectivity index (χ3n) is 5.99. The molecule has 1 aliphatic heterocycles. The molecule has 1 saturated heterocycles. The Morgan fingerprint density at radius 1 is 1.14 bits per heavy atom. The first-order chi connectivity index (χ1) is 17.1. The van der Waals surface area contributed by atoms with Gasteiger partial charge >= 0.3 is 6.47 Å². The lowest BCUT2D eigenvalue weighted by Gasteiger charge is -2.45. The highest BCUT2D eigenvalue weighted by Gasteiger charge is 2.35. The van der Waals surface area contributed by atoms with Crippen LogP contribution in [0.1, 0.15) is 23.6 Å². The second-order valence-corrected chi connectivity index (χ2v) is 8.03. The van der Waals surface area contributed by atoms with E-state index in [-0.39, 0.29) is 18.0 Å². The molecule has 0 radical (unpaired) electrons. The van der Waals surface area contributed by atoms with Crippen molar-refractivity contribution in [3.8, 4) is 0 Å². The van der Waals surface area contributed by atoms with Crippen molar-refractivity contribution < 1.29 is 14.4 Å². The second kappa shape index (κ2) is 13.0. The van der Waals surface area contributed by atoms with E-state index in [0.29, 0.717) is 43.9 Å². The number of hydrogen-bond acceptors (Lipinski definition) is 6. The molecule has 182 valence electrons. The Balaban J connectivity index is 1.96. The lowest BCUT2D eigenvalue weighted by molar-refractivity contribution is -0.133. The summed E-state index contributed by atoms with van der Waals surface area (Å²) in [6, 6.07) is 20.4. The van der Waals surface area contributed by atoms with Crippen molar-refractivity contribution in [3.63, 3.8) is 0 Å². The Kier molecular flexibility index (Phi) is 9.50. The van der Waals surface area contributed by atoms with Gasteiger partial charge in [0.2, 0.25) is 0 Å². The molecule has 0 aromatic heterocycles. The van der Waals surface area contributed by atoms with Crippen LogP contribution in [0.3, 0.4) is 0 Å². The summed E-state index contributed by atoms with van der Waals surface area (Å²) in [5, 5.41) is 0. The third-order valence-corrected chi connectivity index (χ3v) is 5.99. The Bertz CT molecular complexity index is 1030. The van der Waals surface area contributed by atoms with E-state index in [1.807, 2.05) is 36.4 Å². The minimum atomic E-state index is -0.249. The normalized spacial score (nSPS) is 17.1. The van der Waals surface area contributed by atoms with E-state index in [4.69, 9.17) is 4.84 Å². The zero-order chi connectivity index (χ0) is 25.0. The van der Waals surface area contributed by atoms with Crippen LogP contribution in [-0.4, -0.2) is 67.5 Å². The summed E-state index contributed by atoms with van der Waals surface area (Å²) >= 11 is 0. The third kappa shape index (κ3) is 6.51. The molecule has 1 unspecified atom stereocenters. The number of aliphatic imine (C=N–C) groups is 2. The Labute approximate surface area is 206 Å². The fourth-order valence-corrected chi connectivity index (χ4v) is 4.39. The zero-order valence-corrected chi connectivity index (χ0v) is 19.9. The molecule has 1 N–H and O–H groups in total. The average molecular weight is 474 g/mol. The van der Waals surface area contributed by atoms with Gasteiger partial charge < -0.3 is 9.74 Å². The van der Waals surface area contributed by atoms with Crippen LogP contribution in [0, 0.1) is 0 Å². The standard InChI is InChI=1S/C27H31N5O3/c1-4-21(18-28-2)27(34)32-16-15-31(19-24(32)17-25(29-3)30-35-20-33)26(22-11-7-5-8-12-22)23-13-9-6-10-14-23/h4-14,18,20,24,26H,1-2,15-17,19H2,3H3,(H,29,30)/b21-18+. The van der Waals surface area contributed by atoms with Crippen LogP contribution in [0.2, 0.25) is 0 Å². The van der Waals surface area contributed by atoms with Crippen LogP contribution < -0.4 is 5.48 Å². The van der Waals surface area contributed by atoms with Gasteiger partial charge in [0, 0.05) is 39.3 Å². The van der Waals surface area contributed by atoms with Gasteiger partial charge in [-0.25, -0.2) is 5.48 Å². The molecule has 0 spiro atoms. The Morgan fingerprint density at radius 2 is 1.77 bits per heavy atom. The molecule has 1 heterocycles. The molecule has 0 saturated carbocycles. The number of amides is 1. The van der Waals surface area contributed by atoms with Gasteiger partial charge in [0.05, 0.1) is 17.7 Å². The van der Waals surface area contributed by atoms with Gasteiger partial charge in [-0.1, -0.05) is 73.3 Å². The van der Waals surface area contributed by atoms with Crippen molar-refractivity contribution in [2.24, 2.45) is 9.98 Å². The SMILES string of the molecule is C=C/C(=C\N=C)C(=O)N1CCN(C(c2ccccc2)c2ccccc2)CC1CC(=NC)NOC=O. The van der Waals surface area contributed by atoms with Crippen LogP contribution >= 0.6 is 0 Å². The number of piperazine rings is 1. The number of amidine groups is 1. The van der Waals surface area contributed by atoms with Crippen LogP contribution in [0.25, 0.3) is 0 Å². The molecule has 2 aromatic carbocycles. The molecule has 3 rings (SSSR count). The first-order valence-corrected chi connectivity index (χ1v) is 11.4. The van der Waals surface area contributed by atoms with E-state index < -0.39 is 0 Å². The van der Waals surface area contributed by atoms with E-state index in [9.17, 15) is 9.59 Å². The maximum atomic E-state index is 13.4. The lowest BCUT2D eigenvalue weighted by Crippen LogP contribution is -2.57. The van der Waals surface area contributed by atoms with Crippen molar-refractivity contribution >= 4 is 24.9 Å². The Morgan fingerprint density at radius 3 is 2.29 bits per heavy atom. The van der Waals surface area contributed by atoms with Gasteiger partial charge in [0.15, 0.2) is 0 Å². The van der Waals surface area contributed by atoms with Gasteiger partial charge in [-0.05, 0) is 17.8 Å². The zero-order valence-electron chi connectivity index (χ0n) is 19.9. The largest absolute Gasteiger partial charge is 0.346 e. The highest BCUT2D eigenvalue weighted by molar-refractivity contribution is 5.96. The van der Waals surface area contributed by atoms with Gasteiger partial charge in [0.25, 0.3) is 5.91 Å². The van der Waals surface area contributed by atoms with Crippen LogP contribution in [0.4, 0.5) is 0 Å². The van der Waals surface area contributed by atoms with Crippen LogP contribution in [0.5, 0.6) is 0 Å². The van der Waals surface area contributed by atoms with Crippen molar-refractivity contribution in [1.82, 2.24) is 15.3 Å². The predicted molar refractivity (Wildman–Crippen MR) is 138 cm³/mol. The number of hydroxylamine groups is 1. The predicted octanol–water partition coefficient (Wildman–Crippen LogP) is 3.16. The number of carbonyl (C=O) groups excluding carboxylic acids is 2. The number of benzene rings is 2. The molecule has 35 heavy (non-hydrogen) atoms. The van der Waals surface area contributed by atoms with Crippen molar-refractivity contribution in [2.75, 3.05) is 26.7 Å². The molecular weight excluding hydrogens is 442 g/mol. The van der Waals surface area contributed by atoms with Crippen LogP contribution in [0.15, 0.2) is 95.1 Å². The van der Waals surface area contributed by atoms with Crippen molar-refractivity contribution in [3.05, 3.63) is 96.2 Å². The molecule has 2 aromatic rings. The summed E-state index contributed by atoms with van der Waals surface area (Å²) in [5.74, 6) is 0.281. The maximum Gasteiger partial charge on any atom is 0.320 e. The van der Waals surface area contributed by atoms with E-state index in [1.54, 1.807) is 11.9 Å². The molecule has 1 fully saturated rings. The maximum absolute atomic E-state index is 13.4. The summed E-state index contributed by atoms with van der Waals surface area (Å²) in [6.45, 7) is 9.25. The highest BCUT2D eigenvalue weighted by Crippen LogP contribution is 2.31. The molecule has 0 aliphatic carbocycles. The minimum absolute atomic E-state index is 0.0163. The number of hydrogen-bond donors (Lipinski definition) is 1. The van der Waals surface area contributed by atoms with E-state index in [1.165, 1.54) is 23.4 Å². The number of nitrogens with zero attached hydrogens (tertiary/aromatic N) is 4. The number of nitrogens with one attached hydrogen (secondary N) is 1. The summed E-state index contributed by atoms with van der Waals surface area (Å²) in [4.78, 5) is 40.9. The summed E-state index contributed by atoms with van der Waals surface area (Å²) < 4.78 is 0. The van der Waals surface area contributed by atoms with Crippen molar-refractivity contribution in [2.45, 2.75) is 18.5 Å². The van der Waals surface area contributed by atoms with Gasteiger partial charge in [-0.15, -0.1) is 0 Å². The lowest BCUT2D eigenvalue weighted by atomic mass is 9.94. The molecule has 1 amide bonds. The highest BCUT2D eigenvalue weighted by atomic mass is 16.7. The first kappa shape index (κ1) is 25.6. The topological polar surface area (TPSA) is 86.6 Å². The van der Waals surface area contributed by atoms with Gasteiger partial charge in [-0.2, -0.15) is 0 Å². The smallest absolute Gasteiger partial charge is 0.320 e. The van der Waals surface area contributed by atoms with Gasteiger partial charge in [0.1, 0.15) is 5.84 Å². The Hall–Kier alpha value is -4.04. The summed E-state index contributed by atoms with van der Waals surface area (Å²) in [5.41, 5.74) is 5.28. The molecule has 1 atom stereocenters. The van der Waals surface area contributed by atoms with Crippen LogP contribution in [-0.2, 0) is 14.4 Å². The molecule has 1 aliphatic rings. The second-order valence-electron chi connectivity index (χ2n) is 8.03. The number of rotatable bonds is 10. The fraction of sp³-hybridized carbons (Fsp3) is 0.259. The molecular formula is C27H31N5O3. The molecule has 8 nitrogen and oxygen atoms in total. The van der Waals surface area contributed by atoms with Crippen molar-refractivity contribution in [1.29, 1.82) is 0 Å². The minimum Gasteiger partial charge on any atom is -0.346 e. The fourth-order valence-electron chi connectivity index (χ4n) is 4.39. The van der Waals surface area contributed by atoms with E-state index >= 15 is 0 Å². The summed E-state index contributed by atoms with van der Waals surface area (Å²) in [6.07, 6.45) is 3.27. The molecule has 0 bridgehead atoms. The monoisotopic (exact) mass is 473 g/mol. The van der Waals surface area contributed by atoms with E-state index in [0.717, 1.165) is 0 Å². The summed E-state index contributed by atoms with van der Waals surface area (Å²) in [7, 11) is 1.61. The molecule has 8 heteroatoms. The first-order valence-electron chi connectivity index (χ1n) is 11.4.